The molecule has 0 radical (unpaired) electrons. The van der Waals surface area contributed by atoms with Crippen LogP contribution in [0.15, 0.2) is 34.7 Å². The highest BCUT2D eigenvalue weighted by Gasteiger charge is 2.15. The first-order valence-electron chi connectivity index (χ1n) is 7.80. The summed E-state index contributed by atoms with van der Waals surface area (Å²) in [6.45, 7) is 2.94. The summed E-state index contributed by atoms with van der Waals surface area (Å²) in [4.78, 5) is 0. The number of furan rings is 1. The number of fused-ring (bicyclic) bond motifs is 1. The monoisotopic (exact) mass is 285 g/mol. The number of benzene rings is 1. The zero-order chi connectivity index (χ0) is 14.7. The minimum atomic E-state index is 0.273. The molecule has 1 N–H and O–H groups in total. The highest BCUT2D eigenvalue weighted by atomic mass is 16.5. The van der Waals surface area contributed by atoms with Gasteiger partial charge in [0.25, 0.3) is 0 Å². The Morgan fingerprint density at radius 1 is 1.24 bits per heavy atom. The van der Waals surface area contributed by atoms with Gasteiger partial charge in [0, 0.05) is 12.8 Å². The SMILES string of the molecule is CCc1ccc(C(CCc2ccc3c(c2)CCO3)NC)o1. The summed E-state index contributed by atoms with van der Waals surface area (Å²) in [6, 6.07) is 11.0. The van der Waals surface area contributed by atoms with E-state index in [2.05, 4.69) is 42.6 Å². The maximum absolute atomic E-state index is 5.87. The van der Waals surface area contributed by atoms with Crippen molar-refractivity contribution in [2.75, 3.05) is 13.7 Å². The van der Waals surface area contributed by atoms with E-state index in [1.807, 2.05) is 7.05 Å². The van der Waals surface area contributed by atoms with Crippen molar-refractivity contribution in [1.82, 2.24) is 5.32 Å². The van der Waals surface area contributed by atoms with E-state index in [0.29, 0.717) is 0 Å². The third kappa shape index (κ3) is 3.13. The van der Waals surface area contributed by atoms with Gasteiger partial charge in [0.2, 0.25) is 0 Å². The van der Waals surface area contributed by atoms with Crippen molar-refractivity contribution in [3.63, 3.8) is 0 Å². The molecule has 1 aliphatic rings. The molecule has 1 aromatic heterocycles. The maximum Gasteiger partial charge on any atom is 0.122 e. The van der Waals surface area contributed by atoms with Crippen LogP contribution < -0.4 is 10.1 Å². The van der Waals surface area contributed by atoms with Crippen LogP contribution in [-0.4, -0.2) is 13.7 Å². The normalized spacial score (nSPS) is 14.8. The number of ether oxygens (including phenoxy) is 1. The summed E-state index contributed by atoms with van der Waals surface area (Å²) < 4.78 is 11.4. The lowest BCUT2D eigenvalue weighted by Crippen LogP contribution is -2.16. The summed E-state index contributed by atoms with van der Waals surface area (Å²) in [6.07, 6.45) is 4.06. The first kappa shape index (κ1) is 14.2. The standard InChI is InChI=1S/C18H23NO2/c1-3-15-6-9-18(21-15)16(19-2)7-4-13-5-8-17-14(12-13)10-11-20-17/h5-6,8-9,12,16,19H,3-4,7,10-11H2,1-2H3. The van der Waals surface area contributed by atoms with Gasteiger partial charge in [-0.1, -0.05) is 19.1 Å². The van der Waals surface area contributed by atoms with Gasteiger partial charge >= 0.3 is 0 Å². The van der Waals surface area contributed by atoms with Crippen LogP contribution >= 0.6 is 0 Å². The molecule has 112 valence electrons. The Morgan fingerprint density at radius 2 is 2.14 bits per heavy atom. The van der Waals surface area contributed by atoms with Crippen LogP contribution in [0.4, 0.5) is 0 Å². The van der Waals surface area contributed by atoms with Crippen LogP contribution in [0, 0.1) is 0 Å². The lowest BCUT2D eigenvalue weighted by molar-refractivity contribution is 0.356. The molecule has 0 saturated heterocycles. The summed E-state index contributed by atoms with van der Waals surface area (Å²) in [5, 5.41) is 3.36. The van der Waals surface area contributed by atoms with Crippen molar-refractivity contribution in [3.8, 4) is 5.75 Å². The molecule has 1 unspecified atom stereocenters. The number of hydrogen-bond acceptors (Lipinski definition) is 3. The van der Waals surface area contributed by atoms with Crippen molar-refractivity contribution >= 4 is 0 Å². The third-order valence-electron chi connectivity index (χ3n) is 4.20. The Morgan fingerprint density at radius 3 is 2.90 bits per heavy atom. The second-order valence-electron chi connectivity index (χ2n) is 5.58. The predicted molar refractivity (Wildman–Crippen MR) is 83.8 cm³/mol. The van der Waals surface area contributed by atoms with Crippen LogP contribution in [0.25, 0.3) is 0 Å². The van der Waals surface area contributed by atoms with Crippen LogP contribution in [-0.2, 0) is 19.3 Å². The molecule has 3 nitrogen and oxygen atoms in total. The van der Waals surface area contributed by atoms with Gasteiger partial charge in [0.15, 0.2) is 0 Å². The van der Waals surface area contributed by atoms with Gasteiger partial charge in [0.05, 0.1) is 12.6 Å². The molecule has 1 aliphatic heterocycles. The van der Waals surface area contributed by atoms with Crippen LogP contribution in [0.3, 0.4) is 0 Å². The van der Waals surface area contributed by atoms with Gasteiger partial charge in [0.1, 0.15) is 17.3 Å². The molecule has 0 aliphatic carbocycles. The Balaban J connectivity index is 1.65. The van der Waals surface area contributed by atoms with Crippen LogP contribution in [0.5, 0.6) is 5.75 Å². The van der Waals surface area contributed by atoms with Crippen LogP contribution in [0.2, 0.25) is 0 Å². The fourth-order valence-electron chi connectivity index (χ4n) is 2.91. The van der Waals surface area contributed by atoms with Crippen LogP contribution in [0.1, 0.15) is 42.0 Å². The second kappa shape index (κ2) is 6.35. The lowest BCUT2D eigenvalue weighted by atomic mass is 10.0. The van der Waals surface area contributed by atoms with Crippen molar-refractivity contribution in [1.29, 1.82) is 0 Å². The average molecular weight is 285 g/mol. The van der Waals surface area contributed by atoms with Gasteiger partial charge in [-0.15, -0.1) is 0 Å². The zero-order valence-electron chi connectivity index (χ0n) is 12.8. The van der Waals surface area contributed by atoms with Crippen molar-refractivity contribution < 1.29 is 9.15 Å². The molecule has 0 saturated carbocycles. The topological polar surface area (TPSA) is 34.4 Å². The third-order valence-corrected chi connectivity index (χ3v) is 4.20. The fraction of sp³-hybridized carbons (Fsp3) is 0.444. The summed E-state index contributed by atoms with van der Waals surface area (Å²) in [5.41, 5.74) is 2.72. The Hall–Kier alpha value is -1.74. The van der Waals surface area contributed by atoms with E-state index in [4.69, 9.17) is 9.15 Å². The van der Waals surface area contributed by atoms with Gasteiger partial charge < -0.3 is 14.5 Å². The minimum Gasteiger partial charge on any atom is -0.493 e. The Kier molecular flexibility index (Phi) is 4.30. The Labute approximate surface area is 126 Å². The molecule has 3 rings (SSSR count). The molecule has 0 amide bonds. The van der Waals surface area contributed by atoms with E-state index in [-0.39, 0.29) is 6.04 Å². The first-order valence-corrected chi connectivity index (χ1v) is 7.80. The molecular formula is C18H23NO2. The molecular weight excluding hydrogens is 262 g/mol. The highest BCUT2D eigenvalue weighted by molar-refractivity contribution is 5.39. The molecule has 1 atom stereocenters. The Bertz CT molecular complexity index is 603. The molecule has 0 spiro atoms. The number of hydrogen-bond donors (Lipinski definition) is 1. The van der Waals surface area contributed by atoms with Crippen molar-refractivity contribution in [3.05, 3.63) is 53.0 Å². The van der Waals surface area contributed by atoms with Gasteiger partial charge in [-0.3, -0.25) is 0 Å². The summed E-state index contributed by atoms with van der Waals surface area (Å²) >= 11 is 0. The quantitative estimate of drug-likeness (QED) is 0.879. The number of rotatable bonds is 6. The molecule has 2 heterocycles. The van der Waals surface area contributed by atoms with Gasteiger partial charge in [-0.05, 0) is 49.2 Å². The highest BCUT2D eigenvalue weighted by Crippen LogP contribution is 2.27. The van der Waals surface area contributed by atoms with E-state index in [1.54, 1.807) is 0 Å². The van der Waals surface area contributed by atoms with Gasteiger partial charge in [-0.2, -0.15) is 0 Å². The number of aryl methyl sites for hydroxylation is 2. The number of nitrogens with one attached hydrogen (secondary N) is 1. The molecule has 0 bridgehead atoms. The molecule has 21 heavy (non-hydrogen) atoms. The van der Waals surface area contributed by atoms with E-state index < -0.39 is 0 Å². The summed E-state index contributed by atoms with van der Waals surface area (Å²) in [7, 11) is 2.00. The molecule has 2 aromatic rings. The largest absolute Gasteiger partial charge is 0.493 e. The van der Waals surface area contributed by atoms with Crippen molar-refractivity contribution in [2.24, 2.45) is 0 Å². The van der Waals surface area contributed by atoms with Gasteiger partial charge in [-0.25, -0.2) is 0 Å². The maximum atomic E-state index is 5.87. The van der Waals surface area contributed by atoms with E-state index in [1.165, 1.54) is 11.1 Å². The smallest absolute Gasteiger partial charge is 0.122 e. The van der Waals surface area contributed by atoms with E-state index in [9.17, 15) is 0 Å². The summed E-state index contributed by atoms with van der Waals surface area (Å²) in [5.74, 6) is 3.15. The van der Waals surface area contributed by atoms with E-state index >= 15 is 0 Å². The lowest BCUT2D eigenvalue weighted by Gasteiger charge is -2.14. The predicted octanol–water partition coefficient (Wildman–Crippen LogP) is 3.67. The molecule has 1 aromatic carbocycles. The van der Waals surface area contributed by atoms with Crippen molar-refractivity contribution in [2.45, 2.75) is 38.6 Å². The molecule has 0 fully saturated rings. The minimum absolute atomic E-state index is 0.273. The van der Waals surface area contributed by atoms with E-state index in [0.717, 1.165) is 49.6 Å². The fourth-order valence-corrected chi connectivity index (χ4v) is 2.91. The average Bonchev–Trinajstić information content (AvgIpc) is 3.16. The second-order valence-corrected chi connectivity index (χ2v) is 5.58. The zero-order valence-corrected chi connectivity index (χ0v) is 12.8. The molecule has 3 heteroatoms. The first-order chi connectivity index (χ1) is 10.3.